The molecule has 0 bridgehead atoms. The molecule has 0 fully saturated rings. The predicted molar refractivity (Wildman–Crippen MR) is 86.0 cm³/mol. The third-order valence-electron chi connectivity index (χ3n) is 3.29. The number of amides is 1. The summed E-state index contributed by atoms with van der Waals surface area (Å²) in [6.45, 7) is 0. The summed E-state index contributed by atoms with van der Waals surface area (Å²) < 4.78 is 53.4. The van der Waals surface area contributed by atoms with Crippen molar-refractivity contribution < 1.29 is 22.4 Å². The van der Waals surface area contributed by atoms with E-state index in [1.54, 1.807) is 0 Å². The molecule has 0 aliphatic carbocycles. The molecule has 0 unspecified atom stereocenters. The van der Waals surface area contributed by atoms with Gasteiger partial charge < -0.3 is 10.6 Å². The highest BCUT2D eigenvalue weighted by Gasteiger charge is 2.15. The SMILES string of the molecule is O=C(Nc1c(F)cccc1F)c1cc(Nc2ccc(F)c(F)c2)ncn1. The van der Waals surface area contributed by atoms with Gasteiger partial charge in [0.15, 0.2) is 11.6 Å². The quantitative estimate of drug-likeness (QED) is 0.688. The Balaban J connectivity index is 1.80. The van der Waals surface area contributed by atoms with Crippen LogP contribution in [0.25, 0.3) is 0 Å². The third-order valence-corrected chi connectivity index (χ3v) is 3.29. The van der Waals surface area contributed by atoms with Crippen LogP contribution in [0.1, 0.15) is 10.5 Å². The van der Waals surface area contributed by atoms with Gasteiger partial charge in [0, 0.05) is 17.8 Å². The Labute approximate surface area is 144 Å². The fourth-order valence-corrected chi connectivity index (χ4v) is 2.07. The summed E-state index contributed by atoms with van der Waals surface area (Å²) in [5, 5.41) is 4.75. The van der Waals surface area contributed by atoms with Crippen LogP contribution >= 0.6 is 0 Å². The number of carbonyl (C=O) groups is 1. The van der Waals surface area contributed by atoms with Gasteiger partial charge >= 0.3 is 0 Å². The van der Waals surface area contributed by atoms with E-state index in [4.69, 9.17) is 0 Å². The lowest BCUT2D eigenvalue weighted by Gasteiger charge is -2.09. The molecule has 1 amide bonds. The molecule has 3 rings (SSSR count). The number of aromatic nitrogens is 2. The van der Waals surface area contributed by atoms with Crippen molar-refractivity contribution in [1.82, 2.24) is 9.97 Å². The van der Waals surface area contributed by atoms with Crippen LogP contribution in [0.2, 0.25) is 0 Å². The smallest absolute Gasteiger partial charge is 0.274 e. The molecule has 0 saturated heterocycles. The van der Waals surface area contributed by atoms with Crippen molar-refractivity contribution in [1.29, 1.82) is 0 Å². The van der Waals surface area contributed by atoms with Gasteiger partial charge in [0.05, 0.1) is 0 Å². The van der Waals surface area contributed by atoms with Gasteiger partial charge in [-0.2, -0.15) is 0 Å². The number of nitrogens with zero attached hydrogens (tertiary/aromatic N) is 2. The number of anilines is 3. The zero-order valence-electron chi connectivity index (χ0n) is 12.9. The highest BCUT2D eigenvalue weighted by molar-refractivity contribution is 6.03. The molecular weight excluding hydrogens is 352 g/mol. The molecule has 0 saturated carbocycles. The molecule has 3 aromatic rings. The second kappa shape index (κ2) is 7.18. The molecule has 0 atom stereocenters. The Morgan fingerprint density at radius 1 is 0.846 bits per heavy atom. The molecule has 1 aromatic heterocycles. The van der Waals surface area contributed by atoms with Crippen molar-refractivity contribution in [3.63, 3.8) is 0 Å². The molecule has 0 radical (unpaired) electrons. The Hall–Kier alpha value is -3.49. The van der Waals surface area contributed by atoms with Crippen molar-refractivity contribution in [3.8, 4) is 0 Å². The minimum absolute atomic E-state index is 0.102. The molecular formula is C17H10F4N4O. The molecule has 132 valence electrons. The zero-order valence-corrected chi connectivity index (χ0v) is 12.9. The van der Waals surface area contributed by atoms with E-state index in [9.17, 15) is 22.4 Å². The van der Waals surface area contributed by atoms with Crippen LogP contribution in [0.3, 0.4) is 0 Å². The first-order chi connectivity index (χ1) is 12.4. The molecule has 5 nitrogen and oxygen atoms in total. The number of carbonyl (C=O) groups excluding carboxylic acids is 1. The number of nitrogens with one attached hydrogen (secondary N) is 2. The number of benzene rings is 2. The predicted octanol–water partition coefficient (Wildman–Crippen LogP) is 4.03. The maximum absolute atomic E-state index is 13.6. The maximum atomic E-state index is 13.6. The number of hydrogen-bond acceptors (Lipinski definition) is 4. The number of hydrogen-bond donors (Lipinski definition) is 2. The van der Waals surface area contributed by atoms with Crippen LogP contribution in [0.5, 0.6) is 0 Å². The second-order valence-corrected chi connectivity index (χ2v) is 5.09. The van der Waals surface area contributed by atoms with Crippen molar-refractivity contribution in [2.24, 2.45) is 0 Å². The molecule has 2 aromatic carbocycles. The van der Waals surface area contributed by atoms with E-state index in [0.717, 1.165) is 36.7 Å². The number of para-hydroxylation sites is 1. The van der Waals surface area contributed by atoms with Gasteiger partial charge in [0.25, 0.3) is 5.91 Å². The monoisotopic (exact) mass is 362 g/mol. The fourth-order valence-electron chi connectivity index (χ4n) is 2.07. The van der Waals surface area contributed by atoms with E-state index in [0.29, 0.717) is 0 Å². The minimum Gasteiger partial charge on any atom is -0.340 e. The van der Waals surface area contributed by atoms with Crippen LogP contribution < -0.4 is 10.6 Å². The second-order valence-electron chi connectivity index (χ2n) is 5.09. The Morgan fingerprint density at radius 2 is 1.58 bits per heavy atom. The van der Waals surface area contributed by atoms with Crippen molar-refractivity contribution in [3.05, 3.63) is 77.8 Å². The minimum atomic E-state index is -1.06. The highest BCUT2D eigenvalue weighted by Crippen LogP contribution is 2.20. The van der Waals surface area contributed by atoms with Gasteiger partial charge in [0.2, 0.25) is 0 Å². The topological polar surface area (TPSA) is 66.9 Å². The van der Waals surface area contributed by atoms with Gasteiger partial charge in [-0.1, -0.05) is 6.07 Å². The number of halogens is 4. The third kappa shape index (κ3) is 3.77. The van der Waals surface area contributed by atoms with E-state index < -0.39 is 34.9 Å². The zero-order chi connectivity index (χ0) is 18.7. The highest BCUT2D eigenvalue weighted by atomic mass is 19.2. The Kier molecular flexibility index (Phi) is 4.78. The standard InChI is InChI=1S/C17H10F4N4O/c18-10-5-4-9(6-13(10)21)24-15-7-14(22-8-23-15)17(26)25-16-11(19)2-1-3-12(16)20/h1-8H,(H,25,26)(H,22,23,24). The summed E-state index contributed by atoms with van der Waals surface area (Å²) in [5.74, 6) is -4.71. The summed E-state index contributed by atoms with van der Waals surface area (Å²) in [5.41, 5.74) is -0.604. The largest absolute Gasteiger partial charge is 0.340 e. The lowest BCUT2D eigenvalue weighted by Crippen LogP contribution is -2.16. The van der Waals surface area contributed by atoms with Crippen LogP contribution in [-0.2, 0) is 0 Å². The molecule has 1 heterocycles. The van der Waals surface area contributed by atoms with E-state index in [-0.39, 0.29) is 17.2 Å². The summed E-state index contributed by atoms with van der Waals surface area (Å²) in [6, 6.07) is 7.45. The lowest BCUT2D eigenvalue weighted by molar-refractivity contribution is 0.102. The van der Waals surface area contributed by atoms with Crippen molar-refractivity contribution in [2.45, 2.75) is 0 Å². The summed E-state index contributed by atoms with van der Waals surface area (Å²) in [7, 11) is 0. The van der Waals surface area contributed by atoms with Crippen molar-refractivity contribution >= 4 is 23.1 Å². The van der Waals surface area contributed by atoms with E-state index in [1.807, 2.05) is 0 Å². The summed E-state index contributed by atoms with van der Waals surface area (Å²) >= 11 is 0. The van der Waals surface area contributed by atoms with E-state index in [1.165, 1.54) is 12.1 Å². The molecule has 0 aliphatic rings. The summed E-state index contributed by atoms with van der Waals surface area (Å²) in [6.07, 6.45) is 1.04. The fraction of sp³-hybridized carbons (Fsp3) is 0. The van der Waals surface area contributed by atoms with E-state index in [2.05, 4.69) is 20.6 Å². The molecule has 0 spiro atoms. The van der Waals surface area contributed by atoms with Crippen molar-refractivity contribution in [2.75, 3.05) is 10.6 Å². The molecule has 26 heavy (non-hydrogen) atoms. The average Bonchev–Trinajstić information content (AvgIpc) is 2.61. The first-order valence-electron chi connectivity index (χ1n) is 7.23. The van der Waals surface area contributed by atoms with Crippen LogP contribution in [-0.4, -0.2) is 15.9 Å². The van der Waals surface area contributed by atoms with Crippen LogP contribution in [0.15, 0.2) is 48.8 Å². The normalized spacial score (nSPS) is 10.5. The van der Waals surface area contributed by atoms with Crippen LogP contribution in [0.4, 0.5) is 34.8 Å². The molecule has 2 N–H and O–H groups in total. The summed E-state index contributed by atoms with van der Waals surface area (Å²) in [4.78, 5) is 19.7. The Morgan fingerprint density at radius 3 is 2.27 bits per heavy atom. The van der Waals surface area contributed by atoms with Gasteiger partial charge in [-0.3, -0.25) is 4.79 Å². The average molecular weight is 362 g/mol. The first kappa shape index (κ1) is 17.3. The molecule has 0 aliphatic heterocycles. The first-order valence-corrected chi connectivity index (χ1v) is 7.23. The number of rotatable bonds is 4. The lowest BCUT2D eigenvalue weighted by atomic mass is 10.2. The van der Waals surface area contributed by atoms with Crippen LogP contribution in [0, 0.1) is 23.3 Å². The molecule has 9 heteroatoms. The van der Waals surface area contributed by atoms with Gasteiger partial charge in [0.1, 0.15) is 35.2 Å². The Bertz CT molecular complexity index is 960. The maximum Gasteiger partial charge on any atom is 0.274 e. The van der Waals surface area contributed by atoms with E-state index >= 15 is 0 Å². The van der Waals surface area contributed by atoms with Gasteiger partial charge in [-0.05, 0) is 24.3 Å². The van der Waals surface area contributed by atoms with Gasteiger partial charge in [-0.25, -0.2) is 27.5 Å². The van der Waals surface area contributed by atoms with Gasteiger partial charge in [-0.15, -0.1) is 0 Å².